The van der Waals surface area contributed by atoms with Crippen LogP contribution in [-0.2, 0) is 6.61 Å². The van der Waals surface area contributed by atoms with Crippen molar-refractivity contribution >= 4 is 16.9 Å². The highest BCUT2D eigenvalue weighted by atomic mass is 16.4. The van der Waals surface area contributed by atoms with E-state index in [9.17, 15) is 15.0 Å². The van der Waals surface area contributed by atoms with Gasteiger partial charge in [0.2, 0.25) is 0 Å². The van der Waals surface area contributed by atoms with E-state index >= 15 is 0 Å². The average Bonchev–Trinajstić information content (AvgIpc) is 2.73. The predicted molar refractivity (Wildman–Crippen MR) is 108 cm³/mol. The average molecular weight is 370 g/mol. The second-order valence-corrected chi connectivity index (χ2v) is 6.57. The molecule has 4 aromatic rings. The molecule has 0 aliphatic heterocycles. The van der Waals surface area contributed by atoms with Crippen LogP contribution in [0.15, 0.2) is 66.7 Å². The molecule has 4 rings (SSSR count). The lowest BCUT2D eigenvalue weighted by Gasteiger charge is -2.13. The van der Waals surface area contributed by atoms with Gasteiger partial charge in [0.25, 0.3) is 0 Å². The van der Waals surface area contributed by atoms with Crippen LogP contribution in [0.25, 0.3) is 33.3 Å². The van der Waals surface area contributed by atoms with Crippen LogP contribution in [0.2, 0.25) is 0 Å². The Kier molecular flexibility index (Phi) is 4.59. The summed E-state index contributed by atoms with van der Waals surface area (Å²) >= 11 is 0. The third kappa shape index (κ3) is 3.23. The van der Waals surface area contributed by atoms with Crippen molar-refractivity contribution in [2.45, 2.75) is 13.5 Å². The van der Waals surface area contributed by atoms with Crippen molar-refractivity contribution in [1.29, 1.82) is 0 Å². The summed E-state index contributed by atoms with van der Waals surface area (Å²) in [5, 5.41) is 19.5. The summed E-state index contributed by atoms with van der Waals surface area (Å²) in [4.78, 5) is 20.4. The zero-order valence-corrected chi connectivity index (χ0v) is 15.3. The van der Waals surface area contributed by atoms with Gasteiger partial charge in [-0.05, 0) is 30.2 Å². The molecule has 2 N–H and O–H groups in total. The largest absolute Gasteiger partial charge is 0.477 e. The maximum absolute atomic E-state index is 11.4. The van der Waals surface area contributed by atoms with Crippen molar-refractivity contribution < 1.29 is 15.0 Å². The molecule has 0 aliphatic rings. The van der Waals surface area contributed by atoms with Gasteiger partial charge in [-0.25, -0.2) is 14.8 Å². The number of pyridine rings is 2. The minimum atomic E-state index is -1.08. The molecule has 0 saturated carbocycles. The first kappa shape index (κ1) is 17.8. The maximum atomic E-state index is 11.4. The predicted octanol–water partition coefficient (Wildman–Crippen LogP) is 4.46. The van der Waals surface area contributed by atoms with Crippen molar-refractivity contribution in [1.82, 2.24) is 9.97 Å². The molecule has 2 aromatic heterocycles. The van der Waals surface area contributed by atoms with Gasteiger partial charge in [-0.15, -0.1) is 0 Å². The van der Waals surface area contributed by atoms with Crippen LogP contribution in [0.3, 0.4) is 0 Å². The third-order valence-corrected chi connectivity index (χ3v) is 4.72. The molecule has 0 aliphatic carbocycles. The molecule has 0 radical (unpaired) electrons. The van der Waals surface area contributed by atoms with Crippen LogP contribution < -0.4 is 0 Å². The van der Waals surface area contributed by atoms with E-state index in [0.29, 0.717) is 11.2 Å². The van der Waals surface area contributed by atoms with Crippen LogP contribution in [0, 0.1) is 6.92 Å². The molecular weight excluding hydrogens is 352 g/mol. The molecule has 0 atom stereocenters. The van der Waals surface area contributed by atoms with Gasteiger partial charge in [0.05, 0.1) is 17.8 Å². The second kappa shape index (κ2) is 7.21. The Morgan fingerprint density at radius 1 is 0.929 bits per heavy atom. The zero-order valence-electron chi connectivity index (χ0n) is 15.3. The Morgan fingerprint density at radius 3 is 2.29 bits per heavy atom. The van der Waals surface area contributed by atoms with Crippen molar-refractivity contribution in [2.24, 2.45) is 0 Å². The molecule has 0 bridgehead atoms. The van der Waals surface area contributed by atoms with Crippen LogP contribution in [0.5, 0.6) is 0 Å². The summed E-state index contributed by atoms with van der Waals surface area (Å²) in [7, 11) is 0. The smallest absolute Gasteiger partial charge is 0.354 e. The summed E-state index contributed by atoms with van der Waals surface area (Å²) in [5.74, 6) is -1.08. The summed E-state index contributed by atoms with van der Waals surface area (Å²) in [6.45, 7) is 1.77. The molecule has 2 heterocycles. The highest BCUT2D eigenvalue weighted by Gasteiger charge is 2.15. The molecule has 28 heavy (non-hydrogen) atoms. The van der Waals surface area contributed by atoms with Crippen molar-refractivity contribution in [3.63, 3.8) is 0 Å². The summed E-state index contributed by atoms with van der Waals surface area (Å²) in [6.07, 6.45) is 0. The highest BCUT2D eigenvalue weighted by Crippen LogP contribution is 2.34. The SMILES string of the molecule is Cc1nc(C(=O)O)cc2nc(-c3ccc(CO)cc3)c(-c3ccccc3)cc12. The fourth-order valence-corrected chi connectivity index (χ4v) is 3.27. The fourth-order valence-electron chi connectivity index (χ4n) is 3.27. The van der Waals surface area contributed by atoms with Crippen LogP contribution in [0.4, 0.5) is 0 Å². The minimum Gasteiger partial charge on any atom is -0.477 e. The molecule has 0 amide bonds. The van der Waals surface area contributed by atoms with E-state index in [1.807, 2.05) is 60.7 Å². The first-order valence-electron chi connectivity index (χ1n) is 8.88. The standard InChI is InChI=1S/C23H18N2O3/c1-14-18-11-19(16-5-3-2-4-6-16)22(17-9-7-15(13-26)8-10-17)25-20(18)12-21(24-14)23(27)28/h2-12,26H,13H2,1H3,(H,27,28). The van der Waals surface area contributed by atoms with Crippen molar-refractivity contribution in [3.05, 3.63) is 83.7 Å². The first-order chi connectivity index (χ1) is 13.6. The number of carboxylic acids is 1. The van der Waals surface area contributed by atoms with Crippen LogP contribution in [0.1, 0.15) is 21.7 Å². The van der Waals surface area contributed by atoms with Gasteiger partial charge < -0.3 is 10.2 Å². The van der Waals surface area contributed by atoms with Gasteiger partial charge in [0.15, 0.2) is 5.69 Å². The number of hydrogen-bond acceptors (Lipinski definition) is 4. The number of aromatic carboxylic acids is 1. The van der Waals surface area contributed by atoms with Crippen molar-refractivity contribution in [3.8, 4) is 22.4 Å². The number of nitrogens with zero attached hydrogens (tertiary/aromatic N) is 2. The van der Waals surface area contributed by atoms with E-state index in [-0.39, 0.29) is 12.3 Å². The number of carboxylic acid groups (broad SMARTS) is 1. The number of fused-ring (bicyclic) bond motifs is 1. The van der Waals surface area contributed by atoms with E-state index in [1.54, 1.807) is 6.92 Å². The lowest BCUT2D eigenvalue weighted by atomic mass is 9.96. The number of rotatable bonds is 4. The normalized spacial score (nSPS) is 10.9. The summed E-state index contributed by atoms with van der Waals surface area (Å²) in [6, 6.07) is 21.0. The molecule has 5 heteroatoms. The Morgan fingerprint density at radius 2 is 1.64 bits per heavy atom. The molecule has 2 aromatic carbocycles. The molecule has 138 valence electrons. The third-order valence-electron chi connectivity index (χ3n) is 4.72. The Balaban J connectivity index is 2.02. The lowest BCUT2D eigenvalue weighted by Crippen LogP contribution is -2.03. The number of aliphatic hydroxyl groups excluding tert-OH is 1. The number of aryl methyl sites for hydroxylation is 1. The van der Waals surface area contributed by atoms with E-state index in [0.717, 1.165) is 33.3 Å². The van der Waals surface area contributed by atoms with Gasteiger partial charge in [-0.2, -0.15) is 0 Å². The Hall–Kier alpha value is -3.57. The number of carbonyl (C=O) groups is 1. The Bertz CT molecular complexity index is 1170. The monoisotopic (exact) mass is 370 g/mol. The van der Waals surface area contributed by atoms with Gasteiger partial charge in [0, 0.05) is 22.2 Å². The zero-order chi connectivity index (χ0) is 19.7. The van der Waals surface area contributed by atoms with Gasteiger partial charge in [0.1, 0.15) is 0 Å². The number of aliphatic hydroxyl groups is 1. The number of hydrogen-bond donors (Lipinski definition) is 2. The quantitative estimate of drug-likeness (QED) is 0.554. The van der Waals surface area contributed by atoms with Crippen LogP contribution >= 0.6 is 0 Å². The second-order valence-electron chi connectivity index (χ2n) is 6.57. The Labute approximate surface area is 162 Å². The van der Waals surface area contributed by atoms with Gasteiger partial charge in [-0.1, -0.05) is 54.6 Å². The van der Waals surface area contributed by atoms with Gasteiger partial charge in [-0.3, -0.25) is 0 Å². The molecule has 0 unspecified atom stereocenters. The van der Waals surface area contributed by atoms with E-state index in [1.165, 1.54) is 6.07 Å². The van der Waals surface area contributed by atoms with E-state index in [4.69, 9.17) is 4.98 Å². The topological polar surface area (TPSA) is 83.3 Å². The highest BCUT2D eigenvalue weighted by molar-refractivity contribution is 5.96. The van der Waals surface area contributed by atoms with Crippen molar-refractivity contribution in [2.75, 3.05) is 0 Å². The van der Waals surface area contributed by atoms with E-state index < -0.39 is 5.97 Å². The first-order valence-corrected chi connectivity index (χ1v) is 8.88. The van der Waals surface area contributed by atoms with Gasteiger partial charge >= 0.3 is 5.97 Å². The molecule has 0 saturated heterocycles. The minimum absolute atomic E-state index is 0.0217. The summed E-state index contributed by atoms with van der Waals surface area (Å²) in [5.41, 5.74) is 5.62. The number of benzene rings is 2. The lowest BCUT2D eigenvalue weighted by molar-refractivity contribution is 0.0690. The van der Waals surface area contributed by atoms with E-state index in [2.05, 4.69) is 4.98 Å². The van der Waals surface area contributed by atoms with Crippen LogP contribution in [-0.4, -0.2) is 26.2 Å². The summed E-state index contributed by atoms with van der Waals surface area (Å²) < 4.78 is 0. The molecule has 0 fully saturated rings. The molecule has 0 spiro atoms. The number of aromatic nitrogens is 2. The molecular formula is C23H18N2O3. The maximum Gasteiger partial charge on any atom is 0.354 e. The molecule has 5 nitrogen and oxygen atoms in total. The fraction of sp³-hybridized carbons (Fsp3) is 0.0870.